The van der Waals surface area contributed by atoms with E-state index < -0.39 is 0 Å². The Labute approximate surface area is 180 Å². The summed E-state index contributed by atoms with van der Waals surface area (Å²) in [5.74, 6) is 3.65. The Kier molecular flexibility index (Phi) is 4.53. The molecule has 1 atom stereocenters. The molecule has 2 aromatic heterocycles. The predicted octanol–water partition coefficient (Wildman–Crippen LogP) is 3.87. The standard InChI is InChI=1S/C23H26N4O2S/c1-15-2-4-17-20(10-15)30-23-21(17)22(24-13-25-23)27-8-6-26(7-9-27)12-16-3-5-18-19(11-16)29-14-28-18/h3,5,11,13,15H,2,4,6-10,12,14H2,1H3/t15-/m0/s1. The number of nitrogens with zero attached hydrogens (tertiary/aromatic N) is 4. The molecule has 0 radical (unpaired) electrons. The van der Waals surface area contributed by atoms with Crippen molar-refractivity contribution < 1.29 is 9.47 Å². The minimum absolute atomic E-state index is 0.329. The third kappa shape index (κ3) is 3.20. The third-order valence-electron chi connectivity index (χ3n) is 6.59. The molecule has 0 saturated carbocycles. The molecule has 0 unspecified atom stereocenters. The molecular formula is C23H26N4O2S. The van der Waals surface area contributed by atoms with Crippen LogP contribution in [0.2, 0.25) is 0 Å². The maximum atomic E-state index is 5.53. The first-order chi connectivity index (χ1) is 14.7. The molecular weight excluding hydrogens is 396 g/mol. The first-order valence-corrected chi connectivity index (χ1v) is 11.7. The topological polar surface area (TPSA) is 50.7 Å². The monoisotopic (exact) mass is 422 g/mol. The van der Waals surface area contributed by atoms with Gasteiger partial charge in [-0.3, -0.25) is 4.90 Å². The van der Waals surface area contributed by atoms with Crippen molar-refractivity contribution in [1.29, 1.82) is 0 Å². The van der Waals surface area contributed by atoms with Gasteiger partial charge in [-0.25, -0.2) is 9.97 Å². The number of aromatic nitrogens is 2. The van der Waals surface area contributed by atoms with Crippen LogP contribution >= 0.6 is 11.3 Å². The summed E-state index contributed by atoms with van der Waals surface area (Å²) in [7, 11) is 0. The number of anilines is 1. The molecule has 1 fully saturated rings. The van der Waals surface area contributed by atoms with Crippen LogP contribution in [0, 0.1) is 5.92 Å². The van der Waals surface area contributed by atoms with Crippen LogP contribution in [-0.2, 0) is 19.4 Å². The van der Waals surface area contributed by atoms with E-state index in [1.807, 2.05) is 17.4 Å². The molecule has 3 aromatic rings. The molecule has 6 rings (SSSR count). The number of thiophene rings is 1. The lowest BCUT2D eigenvalue weighted by Gasteiger charge is -2.35. The summed E-state index contributed by atoms with van der Waals surface area (Å²) in [6, 6.07) is 6.28. The van der Waals surface area contributed by atoms with E-state index in [0.717, 1.165) is 56.0 Å². The van der Waals surface area contributed by atoms with Crippen molar-refractivity contribution >= 4 is 27.4 Å². The molecule has 1 saturated heterocycles. The minimum atomic E-state index is 0.329. The summed E-state index contributed by atoms with van der Waals surface area (Å²) in [5, 5.41) is 1.33. The molecule has 156 valence electrons. The Balaban J connectivity index is 1.19. The highest BCUT2D eigenvalue weighted by molar-refractivity contribution is 7.19. The van der Waals surface area contributed by atoms with Crippen LogP contribution in [0.25, 0.3) is 10.2 Å². The van der Waals surface area contributed by atoms with Crippen LogP contribution in [0.3, 0.4) is 0 Å². The van der Waals surface area contributed by atoms with Gasteiger partial charge in [-0.15, -0.1) is 11.3 Å². The lowest BCUT2D eigenvalue weighted by molar-refractivity contribution is 0.174. The first kappa shape index (κ1) is 18.4. The zero-order valence-corrected chi connectivity index (χ0v) is 18.1. The molecule has 0 N–H and O–H groups in total. The summed E-state index contributed by atoms with van der Waals surface area (Å²) < 4.78 is 11.0. The lowest BCUT2D eigenvalue weighted by atomic mass is 9.89. The largest absolute Gasteiger partial charge is 0.454 e. The summed E-state index contributed by atoms with van der Waals surface area (Å²) in [5.41, 5.74) is 2.80. The van der Waals surface area contributed by atoms with Gasteiger partial charge in [0.05, 0.1) is 5.39 Å². The molecule has 1 aromatic carbocycles. The van der Waals surface area contributed by atoms with Gasteiger partial charge in [-0.05, 0) is 48.4 Å². The van der Waals surface area contributed by atoms with Crippen molar-refractivity contribution in [3.05, 3.63) is 40.5 Å². The molecule has 3 aliphatic rings. The second kappa shape index (κ2) is 7.39. The van der Waals surface area contributed by atoms with Gasteiger partial charge in [0, 0.05) is 37.6 Å². The number of benzene rings is 1. The summed E-state index contributed by atoms with van der Waals surface area (Å²) in [4.78, 5) is 17.0. The summed E-state index contributed by atoms with van der Waals surface area (Å²) in [6.45, 7) is 7.69. The fourth-order valence-corrected chi connectivity index (χ4v) is 6.26. The van der Waals surface area contributed by atoms with Crippen LogP contribution in [0.15, 0.2) is 24.5 Å². The molecule has 0 bridgehead atoms. The molecule has 6 nitrogen and oxygen atoms in total. The summed E-state index contributed by atoms with van der Waals surface area (Å²) >= 11 is 1.88. The highest BCUT2D eigenvalue weighted by atomic mass is 32.1. The molecule has 0 amide bonds. The SMILES string of the molecule is C[C@H]1CCc2c(sc3ncnc(N4CCN(Cc5ccc6c(c5)OCO6)CC4)c23)C1. The fraction of sp³-hybridized carbons (Fsp3) is 0.478. The van der Waals surface area contributed by atoms with Crippen LogP contribution in [-0.4, -0.2) is 47.8 Å². The van der Waals surface area contributed by atoms with Gasteiger partial charge in [-0.2, -0.15) is 0 Å². The quantitative estimate of drug-likeness (QED) is 0.639. The maximum Gasteiger partial charge on any atom is 0.231 e. The Morgan fingerprint density at radius 3 is 2.87 bits per heavy atom. The third-order valence-corrected chi connectivity index (χ3v) is 7.75. The van der Waals surface area contributed by atoms with E-state index in [2.05, 4.69) is 33.8 Å². The second-order valence-electron chi connectivity index (χ2n) is 8.68. The Bertz CT molecular complexity index is 1090. The molecule has 7 heteroatoms. The number of rotatable bonds is 3. The number of fused-ring (bicyclic) bond motifs is 4. The molecule has 30 heavy (non-hydrogen) atoms. The molecule has 1 aliphatic carbocycles. The first-order valence-electron chi connectivity index (χ1n) is 10.9. The lowest BCUT2D eigenvalue weighted by Crippen LogP contribution is -2.46. The van der Waals surface area contributed by atoms with Crippen molar-refractivity contribution in [2.45, 2.75) is 32.7 Å². The van der Waals surface area contributed by atoms with Crippen molar-refractivity contribution in [2.24, 2.45) is 5.92 Å². The van der Waals surface area contributed by atoms with Gasteiger partial charge in [0.15, 0.2) is 11.5 Å². The van der Waals surface area contributed by atoms with Crippen molar-refractivity contribution in [1.82, 2.24) is 14.9 Å². The van der Waals surface area contributed by atoms with Gasteiger partial charge >= 0.3 is 0 Å². The molecule has 0 spiro atoms. The summed E-state index contributed by atoms with van der Waals surface area (Å²) in [6.07, 6.45) is 5.39. The van der Waals surface area contributed by atoms with Gasteiger partial charge in [-0.1, -0.05) is 13.0 Å². The predicted molar refractivity (Wildman–Crippen MR) is 119 cm³/mol. The Morgan fingerprint density at radius 2 is 1.97 bits per heavy atom. The van der Waals surface area contributed by atoms with Crippen LogP contribution in [0.4, 0.5) is 5.82 Å². The number of ether oxygens (including phenoxy) is 2. The zero-order valence-electron chi connectivity index (χ0n) is 17.3. The Morgan fingerprint density at radius 1 is 1.10 bits per heavy atom. The average Bonchev–Trinajstić information content (AvgIpc) is 3.37. The van der Waals surface area contributed by atoms with Gasteiger partial charge in [0.2, 0.25) is 6.79 Å². The van der Waals surface area contributed by atoms with E-state index in [-0.39, 0.29) is 0 Å². The number of piperazine rings is 1. The van der Waals surface area contributed by atoms with Crippen LogP contribution in [0.1, 0.15) is 29.3 Å². The van der Waals surface area contributed by atoms with Gasteiger partial charge in [0.1, 0.15) is 17.0 Å². The highest BCUT2D eigenvalue weighted by Gasteiger charge is 2.26. The smallest absolute Gasteiger partial charge is 0.231 e. The number of hydrogen-bond donors (Lipinski definition) is 0. The fourth-order valence-electron chi connectivity index (χ4n) is 4.91. The second-order valence-corrected chi connectivity index (χ2v) is 9.76. The normalized spacial score (nSPS) is 21.2. The van der Waals surface area contributed by atoms with Crippen LogP contribution < -0.4 is 14.4 Å². The number of hydrogen-bond acceptors (Lipinski definition) is 7. The molecule has 2 aliphatic heterocycles. The zero-order chi connectivity index (χ0) is 20.1. The van der Waals surface area contributed by atoms with E-state index in [9.17, 15) is 0 Å². The van der Waals surface area contributed by atoms with E-state index in [1.165, 1.54) is 45.5 Å². The van der Waals surface area contributed by atoms with Crippen molar-refractivity contribution in [2.75, 3.05) is 37.9 Å². The molecule has 4 heterocycles. The highest BCUT2D eigenvalue weighted by Crippen LogP contribution is 2.40. The van der Waals surface area contributed by atoms with E-state index in [0.29, 0.717) is 6.79 Å². The Hall–Kier alpha value is -2.38. The average molecular weight is 423 g/mol. The number of aryl methyl sites for hydroxylation is 1. The maximum absolute atomic E-state index is 5.53. The van der Waals surface area contributed by atoms with E-state index >= 15 is 0 Å². The van der Waals surface area contributed by atoms with E-state index in [1.54, 1.807) is 6.33 Å². The van der Waals surface area contributed by atoms with Crippen molar-refractivity contribution in [3.8, 4) is 11.5 Å². The van der Waals surface area contributed by atoms with Crippen molar-refractivity contribution in [3.63, 3.8) is 0 Å². The van der Waals surface area contributed by atoms with Crippen LogP contribution in [0.5, 0.6) is 11.5 Å². The van der Waals surface area contributed by atoms with Gasteiger partial charge < -0.3 is 14.4 Å². The van der Waals surface area contributed by atoms with Gasteiger partial charge in [0.25, 0.3) is 0 Å². The van der Waals surface area contributed by atoms with E-state index in [4.69, 9.17) is 14.5 Å². The minimum Gasteiger partial charge on any atom is -0.454 e.